The molecule has 6 nitrogen and oxygen atoms in total. The van der Waals surface area contributed by atoms with Gasteiger partial charge in [-0.3, -0.25) is 0 Å². The highest BCUT2D eigenvalue weighted by Gasteiger charge is 2.14. The molecule has 0 saturated carbocycles. The molecular weight excluding hydrogens is 446 g/mol. The lowest BCUT2D eigenvalue weighted by Gasteiger charge is -2.13. The van der Waals surface area contributed by atoms with E-state index in [4.69, 9.17) is 14.2 Å². The van der Waals surface area contributed by atoms with Crippen LogP contribution in [-0.4, -0.2) is 40.8 Å². The zero-order chi connectivity index (χ0) is 23.6. The first-order valence-corrected chi connectivity index (χ1v) is 12.2. The van der Waals surface area contributed by atoms with Gasteiger partial charge in [-0.25, -0.2) is 0 Å². The quantitative estimate of drug-likeness (QED) is 0.195. The van der Waals surface area contributed by atoms with Crippen LogP contribution in [0, 0.1) is 6.92 Å². The standard InChI is InChI=1S/C27H29N3O3S/c1-21-10-6-8-14-24(21)32-18-19-34-27-29-28-26(30(27)16-17-31-2)20-33-25-15-9-7-13-23(25)22-11-4-3-5-12-22/h3-15H,16-20H2,1-2H3. The molecule has 1 heterocycles. The maximum absolute atomic E-state index is 6.21. The first-order chi connectivity index (χ1) is 16.8. The Morgan fingerprint density at radius 2 is 1.53 bits per heavy atom. The first-order valence-electron chi connectivity index (χ1n) is 11.3. The molecule has 7 heteroatoms. The van der Waals surface area contributed by atoms with Gasteiger partial charge >= 0.3 is 0 Å². The normalized spacial score (nSPS) is 10.9. The Balaban J connectivity index is 1.41. The van der Waals surface area contributed by atoms with Gasteiger partial charge in [0.15, 0.2) is 11.0 Å². The molecule has 0 saturated heterocycles. The van der Waals surface area contributed by atoms with Crippen LogP contribution in [0.15, 0.2) is 84.0 Å². The zero-order valence-electron chi connectivity index (χ0n) is 19.5. The lowest BCUT2D eigenvalue weighted by molar-refractivity contribution is 0.181. The highest BCUT2D eigenvalue weighted by atomic mass is 32.2. The minimum absolute atomic E-state index is 0.320. The van der Waals surface area contributed by atoms with Gasteiger partial charge in [-0.05, 0) is 30.2 Å². The minimum Gasteiger partial charge on any atom is -0.492 e. The molecule has 0 radical (unpaired) electrons. The van der Waals surface area contributed by atoms with E-state index in [1.807, 2.05) is 67.6 Å². The van der Waals surface area contributed by atoms with E-state index in [2.05, 4.69) is 33.0 Å². The fraction of sp³-hybridized carbons (Fsp3) is 0.259. The summed E-state index contributed by atoms with van der Waals surface area (Å²) in [7, 11) is 1.69. The molecule has 4 aromatic rings. The summed E-state index contributed by atoms with van der Waals surface area (Å²) in [6.45, 7) is 4.18. The first kappa shape index (κ1) is 23.9. The van der Waals surface area contributed by atoms with Crippen LogP contribution in [0.2, 0.25) is 0 Å². The molecule has 1 aromatic heterocycles. The monoisotopic (exact) mass is 475 g/mol. The molecule has 0 aliphatic rings. The number of ether oxygens (including phenoxy) is 3. The molecule has 0 unspecified atom stereocenters. The van der Waals surface area contributed by atoms with Crippen molar-refractivity contribution in [3.63, 3.8) is 0 Å². The molecule has 0 atom stereocenters. The molecule has 34 heavy (non-hydrogen) atoms. The summed E-state index contributed by atoms with van der Waals surface area (Å²) in [5.74, 6) is 3.25. The van der Waals surface area contributed by atoms with Crippen molar-refractivity contribution in [2.45, 2.75) is 25.2 Å². The number of hydrogen-bond acceptors (Lipinski definition) is 6. The Morgan fingerprint density at radius 3 is 2.32 bits per heavy atom. The molecule has 0 aliphatic heterocycles. The Hall–Kier alpha value is -3.29. The second-order valence-electron chi connectivity index (χ2n) is 7.66. The number of aromatic nitrogens is 3. The predicted octanol–water partition coefficient (Wildman–Crippen LogP) is 5.65. The number of rotatable bonds is 12. The number of methoxy groups -OCH3 is 1. The van der Waals surface area contributed by atoms with Gasteiger partial charge in [0.1, 0.15) is 18.1 Å². The molecule has 0 amide bonds. The molecule has 4 rings (SSSR count). The summed E-state index contributed by atoms with van der Waals surface area (Å²) >= 11 is 1.62. The summed E-state index contributed by atoms with van der Waals surface area (Å²) in [5, 5.41) is 9.65. The van der Waals surface area contributed by atoms with Gasteiger partial charge in [0.2, 0.25) is 0 Å². The Bertz CT molecular complexity index is 1180. The van der Waals surface area contributed by atoms with Crippen LogP contribution in [0.4, 0.5) is 0 Å². The third kappa shape index (κ3) is 6.18. The molecule has 0 bridgehead atoms. The van der Waals surface area contributed by atoms with Crippen LogP contribution in [0.3, 0.4) is 0 Å². The number of nitrogens with zero attached hydrogens (tertiary/aromatic N) is 3. The van der Waals surface area contributed by atoms with Crippen molar-refractivity contribution in [1.82, 2.24) is 14.8 Å². The number of para-hydroxylation sites is 2. The van der Waals surface area contributed by atoms with Crippen LogP contribution >= 0.6 is 11.8 Å². The summed E-state index contributed by atoms with van der Waals surface area (Å²) < 4.78 is 19.5. The topological polar surface area (TPSA) is 58.4 Å². The van der Waals surface area contributed by atoms with Gasteiger partial charge in [0, 0.05) is 25.0 Å². The molecule has 3 aromatic carbocycles. The van der Waals surface area contributed by atoms with Gasteiger partial charge < -0.3 is 18.8 Å². The average Bonchev–Trinajstić information content (AvgIpc) is 3.27. The van der Waals surface area contributed by atoms with Crippen LogP contribution in [0.1, 0.15) is 11.4 Å². The molecule has 176 valence electrons. The molecular formula is C27H29N3O3S. The maximum atomic E-state index is 6.21. The zero-order valence-corrected chi connectivity index (χ0v) is 20.3. The van der Waals surface area contributed by atoms with E-state index in [1.54, 1.807) is 18.9 Å². The van der Waals surface area contributed by atoms with Gasteiger partial charge in [-0.15, -0.1) is 10.2 Å². The SMILES string of the molecule is COCCn1c(COc2ccccc2-c2ccccc2)nnc1SCCOc1ccccc1C. The third-order valence-electron chi connectivity index (χ3n) is 5.31. The van der Waals surface area contributed by atoms with Crippen molar-refractivity contribution in [2.24, 2.45) is 0 Å². The van der Waals surface area contributed by atoms with Crippen molar-refractivity contribution < 1.29 is 14.2 Å². The van der Waals surface area contributed by atoms with Crippen molar-refractivity contribution in [3.8, 4) is 22.6 Å². The van der Waals surface area contributed by atoms with Crippen LogP contribution in [-0.2, 0) is 17.9 Å². The Kier molecular flexibility index (Phi) is 8.60. The highest BCUT2D eigenvalue weighted by molar-refractivity contribution is 7.99. The minimum atomic E-state index is 0.320. The highest BCUT2D eigenvalue weighted by Crippen LogP contribution is 2.30. The Morgan fingerprint density at radius 1 is 0.794 bits per heavy atom. The molecule has 0 fully saturated rings. The summed E-state index contributed by atoms with van der Waals surface area (Å²) in [5.41, 5.74) is 3.30. The molecule has 0 N–H and O–H groups in total. The van der Waals surface area contributed by atoms with Crippen molar-refractivity contribution in [2.75, 3.05) is 26.1 Å². The molecule has 0 aliphatic carbocycles. The fourth-order valence-corrected chi connectivity index (χ4v) is 4.33. The van der Waals surface area contributed by atoms with Gasteiger partial charge in [-0.1, -0.05) is 78.5 Å². The van der Waals surface area contributed by atoms with E-state index in [0.717, 1.165) is 44.9 Å². The van der Waals surface area contributed by atoms with Crippen LogP contribution in [0.5, 0.6) is 11.5 Å². The van der Waals surface area contributed by atoms with E-state index >= 15 is 0 Å². The Labute approximate surface area is 204 Å². The van der Waals surface area contributed by atoms with E-state index in [0.29, 0.717) is 26.4 Å². The van der Waals surface area contributed by atoms with E-state index in [-0.39, 0.29) is 0 Å². The number of aryl methyl sites for hydroxylation is 1. The smallest absolute Gasteiger partial charge is 0.191 e. The summed E-state index contributed by atoms with van der Waals surface area (Å²) in [6, 6.07) is 26.3. The van der Waals surface area contributed by atoms with Crippen molar-refractivity contribution in [1.29, 1.82) is 0 Å². The number of hydrogen-bond donors (Lipinski definition) is 0. The predicted molar refractivity (Wildman–Crippen MR) is 136 cm³/mol. The van der Waals surface area contributed by atoms with E-state index in [9.17, 15) is 0 Å². The average molecular weight is 476 g/mol. The van der Waals surface area contributed by atoms with Gasteiger partial charge in [0.05, 0.1) is 13.2 Å². The van der Waals surface area contributed by atoms with Crippen LogP contribution < -0.4 is 9.47 Å². The number of benzene rings is 3. The van der Waals surface area contributed by atoms with Crippen LogP contribution in [0.25, 0.3) is 11.1 Å². The second-order valence-corrected chi connectivity index (χ2v) is 8.72. The lowest BCUT2D eigenvalue weighted by Crippen LogP contribution is -2.12. The fourth-order valence-electron chi connectivity index (χ4n) is 3.53. The number of thioether (sulfide) groups is 1. The van der Waals surface area contributed by atoms with Crippen molar-refractivity contribution >= 4 is 11.8 Å². The second kappa shape index (κ2) is 12.3. The lowest BCUT2D eigenvalue weighted by atomic mass is 10.1. The maximum Gasteiger partial charge on any atom is 0.191 e. The third-order valence-corrected chi connectivity index (χ3v) is 6.24. The van der Waals surface area contributed by atoms with Gasteiger partial charge in [0.25, 0.3) is 0 Å². The summed E-state index contributed by atoms with van der Waals surface area (Å²) in [6.07, 6.45) is 0. The largest absolute Gasteiger partial charge is 0.492 e. The summed E-state index contributed by atoms with van der Waals surface area (Å²) in [4.78, 5) is 0. The molecule has 0 spiro atoms. The van der Waals surface area contributed by atoms with E-state index in [1.165, 1.54) is 0 Å². The van der Waals surface area contributed by atoms with Gasteiger partial charge in [-0.2, -0.15) is 0 Å². The van der Waals surface area contributed by atoms with E-state index < -0.39 is 0 Å². The van der Waals surface area contributed by atoms with Crippen molar-refractivity contribution in [3.05, 3.63) is 90.3 Å².